The van der Waals surface area contributed by atoms with Gasteiger partial charge in [-0.1, -0.05) is 0 Å². The fraction of sp³-hybridized carbons (Fsp3) is 0.667. The molecule has 1 aromatic heterocycles. The van der Waals surface area contributed by atoms with Crippen LogP contribution >= 0.6 is 0 Å². The molecule has 0 saturated heterocycles. The number of aromatic nitrogens is 2. The van der Waals surface area contributed by atoms with Gasteiger partial charge in [0.05, 0.1) is 0 Å². The lowest BCUT2D eigenvalue weighted by Crippen LogP contribution is -2.35. The molecule has 2 unspecified atom stereocenters. The van der Waals surface area contributed by atoms with Crippen molar-refractivity contribution in [3.63, 3.8) is 0 Å². The topological polar surface area (TPSA) is 70.1 Å². The molecule has 1 fully saturated rings. The molecule has 0 spiro atoms. The van der Waals surface area contributed by atoms with E-state index in [9.17, 15) is 4.79 Å². The molecular formula is C12H19N3O2. The predicted octanol–water partition coefficient (Wildman–Crippen LogP) is 0.912. The summed E-state index contributed by atoms with van der Waals surface area (Å²) in [6.07, 6.45) is 7.16. The molecule has 1 aliphatic carbocycles. The summed E-state index contributed by atoms with van der Waals surface area (Å²) in [6, 6.07) is 0.186. The average Bonchev–Trinajstić information content (AvgIpc) is 2.32. The lowest BCUT2D eigenvalue weighted by Gasteiger charge is -2.26. The van der Waals surface area contributed by atoms with Crippen LogP contribution in [-0.2, 0) is 6.54 Å². The summed E-state index contributed by atoms with van der Waals surface area (Å²) in [5.41, 5.74) is 5.73. The van der Waals surface area contributed by atoms with Gasteiger partial charge in [0.15, 0.2) is 0 Å². The molecule has 1 aromatic rings. The van der Waals surface area contributed by atoms with Gasteiger partial charge < -0.3 is 15.0 Å². The number of hydrogen-bond acceptors (Lipinski definition) is 4. The minimum Gasteiger partial charge on any atom is -0.470 e. The Bertz CT molecular complexity index is 430. The number of rotatable bonds is 3. The molecule has 0 aromatic carbocycles. The van der Waals surface area contributed by atoms with E-state index in [1.807, 2.05) is 6.92 Å². The number of aryl methyl sites for hydroxylation is 1. The molecule has 2 atom stereocenters. The number of ether oxygens (including phenoxy) is 1. The zero-order chi connectivity index (χ0) is 12.3. The Balaban J connectivity index is 2.10. The van der Waals surface area contributed by atoms with E-state index in [1.165, 1.54) is 0 Å². The molecule has 1 heterocycles. The van der Waals surface area contributed by atoms with Gasteiger partial charge in [-0.05, 0) is 32.6 Å². The van der Waals surface area contributed by atoms with Crippen LogP contribution in [-0.4, -0.2) is 21.7 Å². The first-order valence-electron chi connectivity index (χ1n) is 6.18. The van der Waals surface area contributed by atoms with Crippen LogP contribution in [0.5, 0.6) is 5.88 Å². The van der Waals surface area contributed by atoms with Crippen molar-refractivity contribution < 1.29 is 4.74 Å². The molecule has 2 rings (SSSR count). The first kappa shape index (κ1) is 12.1. The van der Waals surface area contributed by atoms with E-state index in [-0.39, 0.29) is 23.6 Å². The first-order valence-corrected chi connectivity index (χ1v) is 6.18. The van der Waals surface area contributed by atoms with E-state index in [4.69, 9.17) is 10.5 Å². The second-order valence-electron chi connectivity index (χ2n) is 4.49. The van der Waals surface area contributed by atoms with Crippen molar-refractivity contribution in [3.8, 4) is 5.88 Å². The van der Waals surface area contributed by atoms with Crippen molar-refractivity contribution in [1.82, 2.24) is 9.55 Å². The third kappa shape index (κ3) is 2.85. The van der Waals surface area contributed by atoms with E-state index in [0.717, 1.165) is 25.7 Å². The van der Waals surface area contributed by atoms with E-state index in [1.54, 1.807) is 17.0 Å². The highest BCUT2D eigenvalue weighted by molar-refractivity contribution is 5.05. The molecule has 2 N–H and O–H groups in total. The number of nitrogens with two attached hydrogens (primary N) is 1. The predicted molar refractivity (Wildman–Crippen MR) is 65.0 cm³/mol. The number of hydrogen-bond donors (Lipinski definition) is 1. The fourth-order valence-corrected chi connectivity index (χ4v) is 2.20. The Morgan fingerprint density at radius 3 is 3.12 bits per heavy atom. The van der Waals surface area contributed by atoms with Crippen LogP contribution in [0.4, 0.5) is 0 Å². The van der Waals surface area contributed by atoms with Crippen LogP contribution in [0.3, 0.4) is 0 Å². The molecule has 0 radical (unpaired) electrons. The van der Waals surface area contributed by atoms with Gasteiger partial charge in [-0.25, -0.2) is 4.98 Å². The summed E-state index contributed by atoms with van der Waals surface area (Å²) in [5.74, 6) is 0.202. The minimum absolute atomic E-state index is 0.0339. The SMILES string of the molecule is CCn1ccnc(OC2CCCC(N)C2)c1=O. The maximum Gasteiger partial charge on any atom is 0.313 e. The van der Waals surface area contributed by atoms with Crippen LogP contribution < -0.4 is 16.0 Å². The third-order valence-corrected chi connectivity index (χ3v) is 3.17. The van der Waals surface area contributed by atoms with Gasteiger partial charge in [-0.3, -0.25) is 4.79 Å². The quantitative estimate of drug-likeness (QED) is 0.848. The van der Waals surface area contributed by atoms with E-state index in [2.05, 4.69) is 4.98 Å². The van der Waals surface area contributed by atoms with Gasteiger partial charge in [0.1, 0.15) is 6.10 Å². The normalized spacial score (nSPS) is 24.6. The van der Waals surface area contributed by atoms with Crippen molar-refractivity contribution in [1.29, 1.82) is 0 Å². The summed E-state index contributed by atoms with van der Waals surface area (Å²) in [6.45, 7) is 2.55. The van der Waals surface area contributed by atoms with Crippen molar-refractivity contribution in [3.05, 3.63) is 22.7 Å². The first-order chi connectivity index (χ1) is 8.20. The van der Waals surface area contributed by atoms with Crippen LogP contribution in [0.1, 0.15) is 32.6 Å². The van der Waals surface area contributed by atoms with Crippen LogP contribution in [0.25, 0.3) is 0 Å². The Morgan fingerprint density at radius 1 is 1.59 bits per heavy atom. The highest BCUT2D eigenvalue weighted by atomic mass is 16.5. The molecule has 94 valence electrons. The molecule has 5 nitrogen and oxygen atoms in total. The monoisotopic (exact) mass is 237 g/mol. The van der Waals surface area contributed by atoms with E-state index in [0.29, 0.717) is 6.54 Å². The second kappa shape index (κ2) is 5.31. The molecule has 0 amide bonds. The van der Waals surface area contributed by atoms with E-state index >= 15 is 0 Å². The summed E-state index contributed by atoms with van der Waals surface area (Å²) in [7, 11) is 0. The van der Waals surface area contributed by atoms with Crippen LogP contribution in [0, 0.1) is 0 Å². The second-order valence-corrected chi connectivity index (χ2v) is 4.49. The highest BCUT2D eigenvalue weighted by Gasteiger charge is 2.22. The fourth-order valence-electron chi connectivity index (χ4n) is 2.20. The van der Waals surface area contributed by atoms with Gasteiger partial charge in [-0.15, -0.1) is 0 Å². The zero-order valence-electron chi connectivity index (χ0n) is 10.1. The molecule has 1 aliphatic rings. The Hall–Kier alpha value is -1.36. The van der Waals surface area contributed by atoms with E-state index < -0.39 is 0 Å². The molecule has 1 saturated carbocycles. The third-order valence-electron chi connectivity index (χ3n) is 3.17. The molecule has 0 aliphatic heterocycles. The Morgan fingerprint density at radius 2 is 2.41 bits per heavy atom. The van der Waals surface area contributed by atoms with Crippen molar-refractivity contribution in [2.24, 2.45) is 5.73 Å². The van der Waals surface area contributed by atoms with Gasteiger partial charge in [0, 0.05) is 25.0 Å². The molecule has 0 bridgehead atoms. The smallest absolute Gasteiger partial charge is 0.313 e. The van der Waals surface area contributed by atoms with Gasteiger partial charge in [-0.2, -0.15) is 0 Å². The summed E-state index contributed by atoms with van der Waals surface area (Å²) >= 11 is 0. The lowest BCUT2D eigenvalue weighted by atomic mass is 9.94. The molecular weight excluding hydrogens is 218 g/mol. The zero-order valence-corrected chi connectivity index (χ0v) is 10.1. The Labute approximate surface area is 101 Å². The standard InChI is InChI=1S/C12H19N3O2/c1-2-15-7-6-14-11(12(15)16)17-10-5-3-4-9(13)8-10/h6-7,9-10H,2-5,8,13H2,1H3. The summed E-state index contributed by atoms with van der Waals surface area (Å²) in [5, 5.41) is 0. The largest absolute Gasteiger partial charge is 0.470 e. The molecule has 5 heteroatoms. The highest BCUT2D eigenvalue weighted by Crippen LogP contribution is 2.20. The van der Waals surface area contributed by atoms with Gasteiger partial charge in [0.2, 0.25) is 0 Å². The van der Waals surface area contributed by atoms with Crippen molar-refractivity contribution in [2.45, 2.75) is 51.3 Å². The van der Waals surface area contributed by atoms with Crippen molar-refractivity contribution >= 4 is 0 Å². The average molecular weight is 237 g/mol. The summed E-state index contributed by atoms with van der Waals surface area (Å²) in [4.78, 5) is 15.9. The van der Waals surface area contributed by atoms with Gasteiger partial charge in [0.25, 0.3) is 5.88 Å². The van der Waals surface area contributed by atoms with Gasteiger partial charge >= 0.3 is 5.56 Å². The Kier molecular flexibility index (Phi) is 3.78. The number of nitrogens with zero attached hydrogens (tertiary/aromatic N) is 2. The molecule has 17 heavy (non-hydrogen) atoms. The van der Waals surface area contributed by atoms with Crippen LogP contribution in [0.2, 0.25) is 0 Å². The van der Waals surface area contributed by atoms with Crippen molar-refractivity contribution in [2.75, 3.05) is 0 Å². The lowest BCUT2D eigenvalue weighted by molar-refractivity contribution is 0.135. The maximum absolute atomic E-state index is 11.9. The van der Waals surface area contributed by atoms with Crippen LogP contribution in [0.15, 0.2) is 17.2 Å². The maximum atomic E-state index is 11.9. The summed E-state index contributed by atoms with van der Waals surface area (Å²) < 4.78 is 7.26. The minimum atomic E-state index is -0.158.